The van der Waals surface area contributed by atoms with E-state index >= 15 is 0 Å². The number of urea groups is 1. The van der Waals surface area contributed by atoms with Crippen LogP contribution < -0.4 is 16.5 Å². The van der Waals surface area contributed by atoms with Crippen molar-refractivity contribution in [2.45, 2.75) is 33.6 Å². The molecule has 0 radical (unpaired) electrons. The number of morpholine rings is 1. The number of furan rings is 1. The Bertz CT molecular complexity index is 778. The minimum Gasteiger partial charge on any atom is -0.455 e. The number of rotatable bonds is 5. The number of nitrogens with zero attached hydrogens (tertiary/aromatic N) is 2. The highest BCUT2D eigenvalue weighted by Crippen LogP contribution is 2.38. The van der Waals surface area contributed by atoms with Crippen molar-refractivity contribution in [3.05, 3.63) is 22.6 Å². The molecule has 3 amide bonds. The van der Waals surface area contributed by atoms with Gasteiger partial charge >= 0.3 is 6.03 Å². The highest BCUT2D eigenvalue weighted by atomic mass is 16.5. The average Bonchev–Trinajstić information content (AvgIpc) is 2.95. The van der Waals surface area contributed by atoms with Gasteiger partial charge in [-0.2, -0.15) is 5.10 Å². The minimum absolute atomic E-state index is 0.0977. The number of primary amides is 1. The zero-order chi connectivity index (χ0) is 20.3. The van der Waals surface area contributed by atoms with Crippen molar-refractivity contribution in [3.63, 3.8) is 0 Å². The molecule has 0 bridgehead atoms. The monoisotopic (exact) mass is 391 g/mol. The van der Waals surface area contributed by atoms with Crippen LogP contribution in [0.4, 0.5) is 4.79 Å². The second-order valence-corrected chi connectivity index (χ2v) is 8.12. The first-order valence-electron chi connectivity index (χ1n) is 9.60. The lowest BCUT2D eigenvalue weighted by molar-refractivity contribution is 0.0382. The van der Waals surface area contributed by atoms with E-state index in [2.05, 4.69) is 34.6 Å². The summed E-state index contributed by atoms with van der Waals surface area (Å²) in [5.41, 5.74) is 9.56. The van der Waals surface area contributed by atoms with Crippen LogP contribution in [0.5, 0.6) is 0 Å². The molecular weight excluding hydrogens is 362 g/mol. The van der Waals surface area contributed by atoms with E-state index in [0.29, 0.717) is 30.9 Å². The van der Waals surface area contributed by atoms with E-state index in [0.717, 1.165) is 49.7 Å². The molecule has 0 unspecified atom stereocenters. The Hall–Kier alpha value is -2.39. The fourth-order valence-electron chi connectivity index (χ4n) is 3.78. The topological polar surface area (TPSA) is 122 Å². The molecule has 1 aromatic rings. The van der Waals surface area contributed by atoms with Gasteiger partial charge in [0.1, 0.15) is 5.76 Å². The van der Waals surface area contributed by atoms with Gasteiger partial charge in [0.15, 0.2) is 5.76 Å². The molecule has 28 heavy (non-hydrogen) atoms. The zero-order valence-corrected chi connectivity index (χ0v) is 16.8. The summed E-state index contributed by atoms with van der Waals surface area (Å²) in [5.74, 6) is 0.786. The Labute approximate surface area is 164 Å². The van der Waals surface area contributed by atoms with Gasteiger partial charge in [0, 0.05) is 43.7 Å². The summed E-state index contributed by atoms with van der Waals surface area (Å²) in [6.07, 6.45) is 1.35. The smallest absolute Gasteiger partial charge is 0.332 e. The quantitative estimate of drug-likeness (QED) is 0.646. The minimum atomic E-state index is -0.723. The van der Waals surface area contributed by atoms with E-state index in [9.17, 15) is 9.59 Å². The lowest BCUT2D eigenvalue weighted by atomic mass is 9.75. The van der Waals surface area contributed by atoms with Crippen molar-refractivity contribution >= 4 is 17.6 Å². The summed E-state index contributed by atoms with van der Waals surface area (Å²) in [6, 6.07) is -0.723. The van der Waals surface area contributed by atoms with Crippen LogP contribution >= 0.6 is 0 Å². The number of nitrogens with two attached hydrogens (primary N) is 1. The molecule has 1 fully saturated rings. The van der Waals surface area contributed by atoms with Crippen LogP contribution in [0.2, 0.25) is 0 Å². The first kappa shape index (κ1) is 20.3. The van der Waals surface area contributed by atoms with E-state index in [1.807, 2.05) is 6.92 Å². The number of amides is 3. The third kappa shape index (κ3) is 4.71. The number of hydrazone groups is 1. The van der Waals surface area contributed by atoms with E-state index in [1.54, 1.807) is 0 Å². The summed E-state index contributed by atoms with van der Waals surface area (Å²) < 4.78 is 11.3. The van der Waals surface area contributed by atoms with Crippen molar-refractivity contribution in [1.29, 1.82) is 0 Å². The van der Waals surface area contributed by atoms with E-state index in [-0.39, 0.29) is 11.3 Å². The highest BCUT2D eigenvalue weighted by Gasteiger charge is 2.36. The number of ether oxygens (including phenoxy) is 1. The average molecular weight is 391 g/mol. The number of hydrogen-bond acceptors (Lipinski definition) is 6. The predicted octanol–water partition coefficient (Wildman–Crippen LogP) is 0.995. The normalized spacial score (nSPS) is 20.6. The van der Waals surface area contributed by atoms with Gasteiger partial charge in [-0.1, -0.05) is 13.8 Å². The molecule has 1 aliphatic heterocycles. The van der Waals surface area contributed by atoms with Crippen LogP contribution in [0.1, 0.15) is 47.7 Å². The first-order chi connectivity index (χ1) is 13.3. The largest absolute Gasteiger partial charge is 0.455 e. The van der Waals surface area contributed by atoms with Crippen molar-refractivity contribution in [1.82, 2.24) is 15.6 Å². The Balaban J connectivity index is 1.73. The van der Waals surface area contributed by atoms with Gasteiger partial charge in [-0.3, -0.25) is 9.69 Å². The molecule has 9 nitrogen and oxygen atoms in total. The Kier molecular flexibility index (Phi) is 6.04. The van der Waals surface area contributed by atoms with Crippen molar-refractivity contribution in [2.75, 3.05) is 39.4 Å². The van der Waals surface area contributed by atoms with Crippen LogP contribution in [0.15, 0.2) is 9.52 Å². The molecule has 0 atom stereocenters. The molecule has 1 aromatic heterocycles. The van der Waals surface area contributed by atoms with E-state index < -0.39 is 6.03 Å². The van der Waals surface area contributed by atoms with Crippen LogP contribution in [0.3, 0.4) is 0 Å². The highest BCUT2D eigenvalue weighted by molar-refractivity contribution is 6.07. The van der Waals surface area contributed by atoms with Gasteiger partial charge in [-0.05, 0) is 18.8 Å². The van der Waals surface area contributed by atoms with Gasteiger partial charge in [0.05, 0.1) is 18.9 Å². The number of fused-ring (bicyclic) bond motifs is 1. The van der Waals surface area contributed by atoms with Crippen molar-refractivity contribution in [2.24, 2.45) is 16.3 Å². The first-order valence-corrected chi connectivity index (χ1v) is 9.60. The molecule has 9 heteroatoms. The molecular formula is C19H29N5O4. The summed E-state index contributed by atoms with van der Waals surface area (Å²) in [6.45, 7) is 10.6. The van der Waals surface area contributed by atoms with Crippen molar-refractivity contribution in [3.8, 4) is 0 Å². The van der Waals surface area contributed by atoms with Gasteiger partial charge in [0.25, 0.3) is 5.91 Å². The van der Waals surface area contributed by atoms with Gasteiger partial charge in [-0.25, -0.2) is 10.2 Å². The summed E-state index contributed by atoms with van der Waals surface area (Å²) in [7, 11) is 0. The standard InChI is InChI=1S/C19H29N5O4/c1-12-15-13(22-23-18(20)26)10-19(2,3)11-14(15)28-16(12)17(25)21-4-5-24-6-8-27-9-7-24/h4-11H2,1-3H3,(H,21,25)(H3,20,23,26)/b22-13-. The van der Waals surface area contributed by atoms with E-state index in [1.165, 1.54) is 0 Å². The predicted molar refractivity (Wildman–Crippen MR) is 104 cm³/mol. The molecule has 2 heterocycles. The maximum Gasteiger partial charge on any atom is 0.332 e. The van der Waals surface area contributed by atoms with Crippen LogP contribution in [-0.2, 0) is 11.2 Å². The molecule has 154 valence electrons. The van der Waals surface area contributed by atoms with Gasteiger partial charge in [0.2, 0.25) is 0 Å². The molecule has 1 saturated heterocycles. The third-order valence-corrected chi connectivity index (χ3v) is 5.12. The molecule has 3 rings (SSSR count). The Morgan fingerprint density at radius 1 is 1.25 bits per heavy atom. The lowest BCUT2D eigenvalue weighted by Crippen LogP contribution is -2.41. The molecule has 4 N–H and O–H groups in total. The number of nitrogens with one attached hydrogen (secondary N) is 2. The fourth-order valence-corrected chi connectivity index (χ4v) is 3.78. The fraction of sp³-hybridized carbons (Fsp3) is 0.632. The zero-order valence-electron chi connectivity index (χ0n) is 16.8. The molecule has 0 spiro atoms. The van der Waals surface area contributed by atoms with E-state index in [4.69, 9.17) is 14.9 Å². The second kappa shape index (κ2) is 8.32. The van der Waals surface area contributed by atoms with Crippen molar-refractivity contribution < 1.29 is 18.7 Å². The summed E-state index contributed by atoms with van der Waals surface area (Å²) >= 11 is 0. The molecule has 0 saturated carbocycles. The lowest BCUT2D eigenvalue weighted by Gasteiger charge is -2.29. The Morgan fingerprint density at radius 2 is 1.96 bits per heavy atom. The van der Waals surface area contributed by atoms with Gasteiger partial charge in [-0.15, -0.1) is 0 Å². The molecule has 0 aromatic carbocycles. The third-order valence-electron chi connectivity index (χ3n) is 5.12. The van der Waals surface area contributed by atoms with Gasteiger partial charge < -0.3 is 20.2 Å². The maximum absolute atomic E-state index is 12.7. The molecule has 1 aliphatic carbocycles. The molecule has 2 aliphatic rings. The summed E-state index contributed by atoms with van der Waals surface area (Å²) in [5, 5.41) is 7.10. The number of hydrogen-bond donors (Lipinski definition) is 3. The SMILES string of the molecule is Cc1c(C(=O)NCCN2CCOCC2)oc2c1/C(=N\NC(N)=O)CC(C)(C)C2. The van der Waals surface area contributed by atoms with Crippen LogP contribution in [-0.4, -0.2) is 61.9 Å². The Morgan fingerprint density at radius 3 is 2.64 bits per heavy atom. The summed E-state index contributed by atoms with van der Waals surface area (Å²) in [4.78, 5) is 26.0. The number of carbonyl (C=O) groups is 2. The second-order valence-electron chi connectivity index (χ2n) is 8.12. The maximum atomic E-state index is 12.7. The number of carbonyl (C=O) groups excluding carboxylic acids is 2. The van der Waals surface area contributed by atoms with Crippen LogP contribution in [0, 0.1) is 12.3 Å². The van der Waals surface area contributed by atoms with Crippen LogP contribution in [0.25, 0.3) is 0 Å².